The van der Waals surface area contributed by atoms with Gasteiger partial charge in [0, 0.05) is 26.0 Å². The fourth-order valence-electron chi connectivity index (χ4n) is 3.80. The van der Waals surface area contributed by atoms with Crippen molar-refractivity contribution < 1.29 is 28.7 Å². The summed E-state index contributed by atoms with van der Waals surface area (Å²) in [5, 5.41) is 0. The molecule has 4 rings (SSSR count). The van der Waals surface area contributed by atoms with Crippen LogP contribution in [0.4, 0.5) is 0 Å². The number of fused-ring (bicyclic) bond motifs is 1. The summed E-state index contributed by atoms with van der Waals surface area (Å²) >= 11 is 0. The first-order chi connectivity index (χ1) is 13.9. The van der Waals surface area contributed by atoms with Gasteiger partial charge in [-0.15, -0.1) is 0 Å². The number of likely N-dealkylation sites (tertiary alicyclic amines) is 1. The summed E-state index contributed by atoms with van der Waals surface area (Å²) in [6.45, 7) is 3.00. The minimum Gasteiger partial charge on any atom is -0.482 e. The topological polar surface area (TPSA) is 94.2 Å². The molecule has 154 valence electrons. The standard InChI is InChI=1S/C21H24N2O6/c1-14(24)23-12-21(13-23)11-17(25)16-10-15(5-7-18(16)28-21)6-8-19(26)22-29-20-4-2-3-9-27-20/h5-8,10,20H,2-4,9,11-13H2,1H3,(H,22,26). The maximum atomic E-state index is 12.6. The lowest BCUT2D eigenvalue weighted by molar-refractivity contribution is -0.198. The second-order valence-corrected chi connectivity index (χ2v) is 7.73. The van der Waals surface area contributed by atoms with Gasteiger partial charge in [0.05, 0.1) is 25.1 Å². The average Bonchev–Trinajstić information content (AvgIpc) is 2.69. The molecule has 0 radical (unpaired) electrons. The molecule has 1 N–H and O–H groups in total. The summed E-state index contributed by atoms with van der Waals surface area (Å²) in [6, 6.07) is 5.22. The average molecular weight is 400 g/mol. The van der Waals surface area contributed by atoms with Crippen LogP contribution < -0.4 is 10.2 Å². The van der Waals surface area contributed by atoms with Crippen molar-refractivity contribution in [2.24, 2.45) is 0 Å². The molecule has 3 aliphatic heterocycles. The van der Waals surface area contributed by atoms with E-state index < -0.39 is 17.8 Å². The van der Waals surface area contributed by atoms with Gasteiger partial charge in [0.15, 0.2) is 17.7 Å². The number of rotatable bonds is 4. The van der Waals surface area contributed by atoms with Crippen molar-refractivity contribution in [3.63, 3.8) is 0 Å². The van der Waals surface area contributed by atoms with Gasteiger partial charge < -0.3 is 14.4 Å². The third-order valence-corrected chi connectivity index (χ3v) is 5.37. The van der Waals surface area contributed by atoms with Crippen molar-refractivity contribution >= 4 is 23.7 Å². The van der Waals surface area contributed by atoms with Gasteiger partial charge in [-0.05, 0) is 36.6 Å². The molecule has 29 heavy (non-hydrogen) atoms. The molecule has 1 atom stereocenters. The second-order valence-electron chi connectivity index (χ2n) is 7.73. The molecule has 0 bridgehead atoms. The molecule has 1 aromatic rings. The Morgan fingerprint density at radius 1 is 1.31 bits per heavy atom. The van der Waals surface area contributed by atoms with Crippen LogP contribution in [0.15, 0.2) is 24.3 Å². The van der Waals surface area contributed by atoms with E-state index in [0.29, 0.717) is 36.6 Å². The van der Waals surface area contributed by atoms with Crippen LogP contribution in [0.1, 0.15) is 48.5 Å². The van der Waals surface area contributed by atoms with Gasteiger partial charge in [-0.3, -0.25) is 14.4 Å². The van der Waals surface area contributed by atoms with E-state index in [9.17, 15) is 14.4 Å². The van der Waals surface area contributed by atoms with Crippen molar-refractivity contribution in [3.05, 3.63) is 35.4 Å². The third-order valence-electron chi connectivity index (χ3n) is 5.37. The van der Waals surface area contributed by atoms with Crippen LogP contribution in [-0.2, 0) is 19.2 Å². The van der Waals surface area contributed by atoms with Crippen molar-refractivity contribution in [2.75, 3.05) is 19.7 Å². The highest BCUT2D eigenvalue weighted by atomic mass is 16.8. The Morgan fingerprint density at radius 3 is 2.86 bits per heavy atom. The van der Waals surface area contributed by atoms with Gasteiger partial charge in [-0.2, -0.15) is 0 Å². The van der Waals surface area contributed by atoms with Crippen LogP contribution in [-0.4, -0.2) is 54.1 Å². The lowest BCUT2D eigenvalue weighted by atomic mass is 9.83. The highest BCUT2D eigenvalue weighted by Gasteiger charge is 2.50. The van der Waals surface area contributed by atoms with Gasteiger partial charge in [-0.1, -0.05) is 6.07 Å². The van der Waals surface area contributed by atoms with Gasteiger partial charge >= 0.3 is 0 Å². The minimum atomic E-state index is -0.606. The minimum absolute atomic E-state index is 0.0183. The maximum Gasteiger partial charge on any atom is 0.267 e. The Bertz CT molecular complexity index is 853. The van der Waals surface area contributed by atoms with Crippen molar-refractivity contribution in [1.29, 1.82) is 0 Å². The number of Topliss-reactive ketones (excluding diaryl/α,β-unsaturated/α-hetero) is 1. The number of nitrogens with zero attached hydrogens (tertiary/aromatic N) is 1. The number of hydroxylamine groups is 1. The van der Waals surface area contributed by atoms with E-state index >= 15 is 0 Å². The molecule has 0 aliphatic carbocycles. The number of amides is 2. The van der Waals surface area contributed by atoms with Crippen molar-refractivity contribution in [1.82, 2.24) is 10.4 Å². The van der Waals surface area contributed by atoms with Gasteiger partial charge in [0.2, 0.25) is 5.91 Å². The fraction of sp³-hybridized carbons (Fsp3) is 0.476. The molecular weight excluding hydrogens is 376 g/mol. The quantitative estimate of drug-likeness (QED) is 0.612. The number of ketones is 1. The molecule has 3 heterocycles. The zero-order valence-electron chi connectivity index (χ0n) is 16.3. The second kappa shape index (κ2) is 7.96. The highest BCUT2D eigenvalue weighted by molar-refractivity contribution is 6.01. The number of hydrogen-bond donors (Lipinski definition) is 1. The van der Waals surface area contributed by atoms with Gasteiger partial charge in [0.1, 0.15) is 5.75 Å². The highest BCUT2D eigenvalue weighted by Crippen LogP contribution is 2.39. The third kappa shape index (κ3) is 4.33. The largest absolute Gasteiger partial charge is 0.482 e. The predicted octanol–water partition coefficient (Wildman–Crippen LogP) is 1.84. The molecule has 1 aromatic carbocycles. The molecule has 8 heteroatoms. The van der Waals surface area contributed by atoms with E-state index in [1.807, 2.05) is 0 Å². The number of benzene rings is 1. The molecule has 0 aromatic heterocycles. The Balaban J connectivity index is 1.35. The number of nitrogens with one attached hydrogen (secondary N) is 1. The zero-order valence-corrected chi connectivity index (χ0v) is 16.3. The molecule has 2 fully saturated rings. The Morgan fingerprint density at radius 2 is 2.14 bits per heavy atom. The predicted molar refractivity (Wildman–Crippen MR) is 103 cm³/mol. The monoisotopic (exact) mass is 400 g/mol. The molecule has 2 saturated heterocycles. The molecular formula is C21H24N2O6. The van der Waals surface area contributed by atoms with Gasteiger partial charge in [0.25, 0.3) is 5.91 Å². The van der Waals surface area contributed by atoms with E-state index in [1.165, 1.54) is 13.0 Å². The normalized spacial score (nSPS) is 22.7. The molecule has 1 unspecified atom stereocenters. The zero-order chi connectivity index (χ0) is 20.4. The Labute approximate surface area is 168 Å². The number of hydrogen-bond acceptors (Lipinski definition) is 6. The summed E-state index contributed by atoms with van der Waals surface area (Å²) in [6.07, 6.45) is 5.56. The van der Waals surface area contributed by atoms with Gasteiger partial charge in [-0.25, -0.2) is 10.3 Å². The van der Waals surface area contributed by atoms with E-state index in [-0.39, 0.29) is 18.1 Å². The first kappa shape index (κ1) is 19.6. The summed E-state index contributed by atoms with van der Waals surface area (Å²) in [4.78, 5) is 42.9. The fourth-order valence-corrected chi connectivity index (χ4v) is 3.80. The van der Waals surface area contributed by atoms with Crippen LogP contribution in [0.25, 0.3) is 6.08 Å². The first-order valence-electron chi connectivity index (χ1n) is 9.81. The molecule has 2 amide bonds. The van der Waals surface area contributed by atoms with Crippen LogP contribution in [0.5, 0.6) is 5.75 Å². The number of ether oxygens (including phenoxy) is 2. The van der Waals surface area contributed by atoms with E-state index in [0.717, 1.165) is 19.3 Å². The van der Waals surface area contributed by atoms with Crippen molar-refractivity contribution in [3.8, 4) is 5.75 Å². The van der Waals surface area contributed by atoms with E-state index in [1.54, 1.807) is 29.2 Å². The summed E-state index contributed by atoms with van der Waals surface area (Å²) in [5.74, 6) is 0.0724. The lowest BCUT2D eigenvalue weighted by Crippen LogP contribution is -2.67. The summed E-state index contributed by atoms with van der Waals surface area (Å²) in [5.41, 5.74) is 2.95. The van der Waals surface area contributed by atoms with Crippen LogP contribution in [0.3, 0.4) is 0 Å². The molecule has 1 spiro atoms. The van der Waals surface area contributed by atoms with Crippen molar-refractivity contribution in [2.45, 2.75) is 44.5 Å². The SMILES string of the molecule is CC(=O)N1CC2(CC(=O)c3cc(C=CC(=O)NOC4CCCCO4)ccc3O2)C1. The summed E-state index contributed by atoms with van der Waals surface area (Å²) in [7, 11) is 0. The van der Waals surface area contributed by atoms with Crippen LogP contribution >= 0.6 is 0 Å². The lowest BCUT2D eigenvalue weighted by Gasteiger charge is -2.50. The number of carbonyl (C=O) groups excluding carboxylic acids is 3. The Hall–Kier alpha value is -2.71. The van der Waals surface area contributed by atoms with Crippen LogP contribution in [0.2, 0.25) is 0 Å². The van der Waals surface area contributed by atoms with E-state index in [4.69, 9.17) is 14.3 Å². The molecule has 3 aliphatic rings. The van der Waals surface area contributed by atoms with Crippen LogP contribution in [0, 0.1) is 0 Å². The van der Waals surface area contributed by atoms with E-state index in [2.05, 4.69) is 5.48 Å². The molecule has 0 saturated carbocycles. The smallest absolute Gasteiger partial charge is 0.267 e. The maximum absolute atomic E-state index is 12.6. The first-order valence-corrected chi connectivity index (χ1v) is 9.81. The summed E-state index contributed by atoms with van der Waals surface area (Å²) < 4.78 is 11.4. The Kier molecular flexibility index (Phi) is 5.38. The molecule has 8 nitrogen and oxygen atoms in total. The number of carbonyl (C=O) groups is 3.